The molecule has 7 rings (SSSR count). The Hall–Kier alpha value is -6.94. The fraction of sp³-hybridized carbons (Fsp3) is 0.569. The third-order valence-electron chi connectivity index (χ3n) is 14.2. The fourth-order valence-electron chi connectivity index (χ4n) is 9.77. The molecule has 0 spiro atoms. The second-order valence-corrected chi connectivity index (χ2v) is 21.6. The van der Waals surface area contributed by atoms with Crippen molar-refractivity contribution in [3.63, 3.8) is 0 Å². The Kier molecular flexibility index (Phi) is 27.2. The molecule has 0 bridgehead atoms. The van der Waals surface area contributed by atoms with Crippen molar-refractivity contribution in [2.45, 2.75) is 107 Å². The molecule has 0 unspecified atom stereocenters. The Morgan fingerprint density at radius 3 is 2.21 bits per heavy atom. The van der Waals surface area contributed by atoms with Crippen LogP contribution in [0.5, 0.6) is 5.75 Å². The van der Waals surface area contributed by atoms with Crippen LogP contribution in [0, 0.1) is 6.92 Å². The monoisotopic (exact) mass is 1190 g/mol. The minimum absolute atomic E-state index is 0.0561. The van der Waals surface area contributed by atoms with Gasteiger partial charge in [0, 0.05) is 125 Å². The van der Waals surface area contributed by atoms with Gasteiger partial charge in [0.15, 0.2) is 0 Å². The Morgan fingerprint density at radius 2 is 1.48 bits per heavy atom. The van der Waals surface area contributed by atoms with Crippen molar-refractivity contribution in [3.05, 3.63) is 84.3 Å². The molecule has 0 aliphatic carbocycles. The molecule has 25 nitrogen and oxygen atoms in total. The third kappa shape index (κ3) is 21.3. The van der Waals surface area contributed by atoms with Crippen LogP contribution in [0.3, 0.4) is 0 Å². The largest absolute Gasteiger partial charge is 0.491 e. The molecule has 0 saturated carbocycles. The normalized spacial score (nSPS) is 18.1. The molecular weight excluding hydrogens is 1100 g/mol. The van der Waals surface area contributed by atoms with E-state index in [1.165, 1.54) is 6.08 Å². The maximum absolute atomic E-state index is 13.6. The number of methoxy groups -OCH3 is 2. The zero-order chi connectivity index (χ0) is 59.3. The Labute approximate surface area is 495 Å². The SMILES string of the molecule is C=CC(=O)Nc1cccc(Nc2nc(Nc3cccc(OCCOCCn4nnc5c4CCN(C(=O)CCCC(=O)NCCCOCCOCCOCCCNC(=O)CCCC[C@@H]4SC[C@@H]6NC(=O)N[C@@H]64)C[C@H](OC)[C@H]5OC)c3)ncc2C)c1. The molecule has 2 aromatic carbocycles. The topological polar surface area (TPSA) is 294 Å². The molecule has 3 aliphatic heterocycles. The number of unbranched alkanes of at least 4 members (excludes halogenated alkanes) is 1. The number of aryl methyl sites for hydroxylation is 1. The van der Waals surface area contributed by atoms with Gasteiger partial charge in [0.2, 0.25) is 29.6 Å². The molecule has 5 heterocycles. The highest BCUT2D eigenvalue weighted by Crippen LogP contribution is 2.33. The van der Waals surface area contributed by atoms with E-state index in [9.17, 15) is 24.0 Å². The van der Waals surface area contributed by atoms with E-state index < -0.39 is 12.2 Å². The number of benzene rings is 2. The highest BCUT2D eigenvalue weighted by Gasteiger charge is 2.42. The van der Waals surface area contributed by atoms with Crippen LogP contribution in [0.25, 0.3) is 0 Å². The van der Waals surface area contributed by atoms with E-state index in [0.717, 1.165) is 54.1 Å². The number of thioether (sulfide) groups is 1. The number of urea groups is 1. The molecule has 0 radical (unpaired) electrons. The summed E-state index contributed by atoms with van der Waals surface area (Å²) in [6.45, 7) is 11.3. The van der Waals surface area contributed by atoms with Crippen LogP contribution < -0.4 is 42.0 Å². The molecule has 84 heavy (non-hydrogen) atoms. The second-order valence-electron chi connectivity index (χ2n) is 20.4. The number of carbonyl (C=O) groups is 5. The van der Waals surface area contributed by atoms with E-state index in [0.29, 0.717) is 152 Å². The summed E-state index contributed by atoms with van der Waals surface area (Å²) in [6.07, 6.45) is 7.88. The number of hydrogen-bond acceptors (Lipinski definition) is 19. The minimum atomic E-state index is -0.556. The lowest BCUT2D eigenvalue weighted by Gasteiger charge is -2.33. The summed E-state index contributed by atoms with van der Waals surface area (Å²) in [5.74, 6) is 2.12. The summed E-state index contributed by atoms with van der Waals surface area (Å²) in [4.78, 5) is 72.6. The number of rotatable bonds is 38. The number of fused-ring (bicyclic) bond motifs is 2. The third-order valence-corrected chi connectivity index (χ3v) is 15.7. The van der Waals surface area contributed by atoms with E-state index in [1.807, 2.05) is 55.1 Å². The van der Waals surface area contributed by atoms with Crippen molar-refractivity contribution >= 4 is 70.3 Å². The lowest BCUT2D eigenvalue weighted by atomic mass is 10.0. The van der Waals surface area contributed by atoms with Gasteiger partial charge in [0.1, 0.15) is 36.1 Å². The Morgan fingerprint density at radius 1 is 0.786 bits per heavy atom. The highest BCUT2D eigenvalue weighted by molar-refractivity contribution is 8.00. The first kappa shape index (κ1) is 64.6. The van der Waals surface area contributed by atoms with Gasteiger partial charge in [-0.15, -0.1) is 5.10 Å². The van der Waals surface area contributed by atoms with Gasteiger partial charge in [-0.3, -0.25) is 19.2 Å². The zero-order valence-corrected chi connectivity index (χ0v) is 49.4. The van der Waals surface area contributed by atoms with Gasteiger partial charge >= 0.3 is 6.03 Å². The number of amides is 6. The van der Waals surface area contributed by atoms with Gasteiger partial charge in [-0.05, 0) is 75.4 Å². The van der Waals surface area contributed by atoms with Crippen LogP contribution in [-0.4, -0.2) is 189 Å². The first-order valence-corrected chi connectivity index (χ1v) is 30.0. The van der Waals surface area contributed by atoms with Gasteiger partial charge in [-0.2, -0.15) is 16.7 Å². The molecule has 5 atom stereocenters. The number of anilines is 5. The average Bonchev–Trinajstić information content (AvgIpc) is 4.34. The van der Waals surface area contributed by atoms with Gasteiger partial charge < -0.3 is 75.3 Å². The summed E-state index contributed by atoms with van der Waals surface area (Å²) < 4.78 is 42.3. The molecule has 458 valence electrons. The molecule has 26 heteroatoms. The van der Waals surface area contributed by atoms with Crippen molar-refractivity contribution in [1.82, 2.24) is 51.1 Å². The molecule has 2 fully saturated rings. The summed E-state index contributed by atoms with van der Waals surface area (Å²) in [6, 6.07) is 15.1. The van der Waals surface area contributed by atoms with Crippen molar-refractivity contribution < 1.29 is 57.1 Å². The van der Waals surface area contributed by atoms with Crippen LogP contribution in [0.15, 0.2) is 67.4 Å². The van der Waals surface area contributed by atoms with E-state index in [2.05, 4.69) is 64.1 Å². The zero-order valence-electron chi connectivity index (χ0n) is 48.5. The number of ether oxygens (including phenoxy) is 7. The number of aromatic nitrogens is 5. The second kappa shape index (κ2) is 35.4. The molecule has 2 saturated heterocycles. The van der Waals surface area contributed by atoms with Crippen LogP contribution in [-0.2, 0) is 60.6 Å². The lowest BCUT2D eigenvalue weighted by molar-refractivity contribution is -0.136. The quantitative estimate of drug-likeness (QED) is 0.0174. The predicted octanol–water partition coefficient (Wildman–Crippen LogP) is 5.13. The van der Waals surface area contributed by atoms with Gasteiger partial charge in [-0.1, -0.05) is 30.3 Å². The van der Waals surface area contributed by atoms with Crippen LogP contribution in [0.2, 0.25) is 0 Å². The molecular formula is C58H83N13O12S. The van der Waals surface area contributed by atoms with Gasteiger partial charge in [0.05, 0.1) is 64.0 Å². The van der Waals surface area contributed by atoms with Gasteiger partial charge in [-0.25, -0.2) is 14.5 Å². The van der Waals surface area contributed by atoms with Gasteiger partial charge in [0.25, 0.3) is 0 Å². The van der Waals surface area contributed by atoms with E-state index in [1.54, 1.807) is 42.1 Å². The molecule has 4 aromatic rings. The van der Waals surface area contributed by atoms with Crippen molar-refractivity contribution in [1.29, 1.82) is 0 Å². The Bertz CT molecular complexity index is 2740. The fourth-order valence-corrected chi connectivity index (χ4v) is 11.3. The maximum atomic E-state index is 13.6. The average molecular weight is 1190 g/mol. The summed E-state index contributed by atoms with van der Waals surface area (Å²) in [5.41, 5.74) is 4.41. The first-order valence-electron chi connectivity index (χ1n) is 28.9. The van der Waals surface area contributed by atoms with E-state index >= 15 is 0 Å². The van der Waals surface area contributed by atoms with Crippen molar-refractivity contribution in [2.75, 3.05) is 122 Å². The predicted molar refractivity (Wildman–Crippen MR) is 318 cm³/mol. The number of carbonyl (C=O) groups excluding carboxylic acids is 5. The van der Waals surface area contributed by atoms with E-state index in [-0.39, 0.29) is 54.6 Å². The van der Waals surface area contributed by atoms with E-state index in [4.69, 9.17) is 33.2 Å². The standard InChI is InChI=1S/C58H83N13O12S/c1-5-49(72)62-41-13-8-14-42(35-41)63-56-40(2)37-61-57(67-56)64-43-15-9-16-44(36-43)83-34-33-81-28-25-71-46-21-24-70(38-47(77-3)55(78-4)54(46)68-69-71)52(75)20-10-19-51(74)60-23-12-27-80-30-32-82-31-29-79-26-11-22-59-50(73)18-7-6-17-48-53-45(39-84-48)65-58(76)66-53/h5,8-9,13-16,35-37,45,47-48,53,55H,1,6-7,10-12,17-34,38-39H2,2-4H3,(H,59,73)(H,60,74)(H,62,72)(H2,65,66,76)(H2,61,63,64,67)/t45-,47-,48-,53-,55+/m0/s1. The molecule has 3 aliphatic rings. The molecule has 2 aromatic heterocycles. The lowest BCUT2D eigenvalue weighted by Crippen LogP contribution is -2.44. The molecule has 7 N–H and O–H groups in total. The summed E-state index contributed by atoms with van der Waals surface area (Å²) >= 11 is 1.90. The van der Waals surface area contributed by atoms with Crippen molar-refractivity contribution in [3.8, 4) is 5.75 Å². The maximum Gasteiger partial charge on any atom is 0.315 e. The Balaban J connectivity index is 0.698. The van der Waals surface area contributed by atoms with Crippen LogP contribution >= 0.6 is 11.8 Å². The highest BCUT2D eigenvalue weighted by atomic mass is 32.2. The van der Waals surface area contributed by atoms with Crippen LogP contribution in [0.4, 0.5) is 33.6 Å². The smallest absolute Gasteiger partial charge is 0.315 e. The number of nitrogens with zero attached hydrogens (tertiary/aromatic N) is 6. The molecule has 6 amide bonds. The van der Waals surface area contributed by atoms with Crippen molar-refractivity contribution in [2.24, 2.45) is 0 Å². The first-order chi connectivity index (χ1) is 41.0. The summed E-state index contributed by atoms with van der Waals surface area (Å²) in [7, 11) is 3.17. The van der Waals surface area contributed by atoms with Crippen LogP contribution in [0.1, 0.15) is 80.8 Å². The summed E-state index contributed by atoms with van der Waals surface area (Å²) in [5, 5.41) is 30.5. The number of hydrogen-bond donors (Lipinski definition) is 7. The number of nitrogens with one attached hydrogen (secondary N) is 7. The minimum Gasteiger partial charge on any atom is -0.491 e.